The first kappa shape index (κ1) is 73.7. The summed E-state index contributed by atoms with van der Waals surface area (Å²) >= 11 is 0. The summed E-state index contributed by atoms with van der Waals surface area (Å²) in [6.07, 6.45) is 85.7. The van der Waals surface area contributed by atoms with Crippen LogP contribution >= 0.6 is 0 Å². The Bertz CT molecular complexity index is 1900. The Morgan fingerprint density at radius 2 is 0.684 bits per heavy atom. The average molecular weight is 1090 g/mol. The number of allylic oxidation sites excluding steroid dienone is 28. The van der Waals surface area contributed by atoms with E-state index in [-0.39, 0.29) is 38.6 Å². The van der Waals surface area contributed by atoms with Crippen molar-refractivity contribution in [2.24, 2.45) is 0 Å². The van der Waals surface area contributed by atoms with E-state index in [0.717, 1.165) is 135 Å². The molecule has 442 valence electrons. The highest BCUT2D eigenvalue weighted by Crippen LogP contribution is 2.13. The molecule has 0 aliphatic heterocycles. The molecule has 0 saturated carbocycles. The largest absolute Gasteiger partial charge is 0.477 e. The van der Waals surface area contributed by atoms with Crippen molar-refractivity contribution in [3.8, 4) is 0 Å². The maximum Gasteiger partial charge on any atom is 0.361 e. The molecule has 0 bridgehead atoms. The van der Waals surface area contributed by atoms with Gasteiger partial charge in [-0.3, -0.25) is 9.59 Å². The third kappa shape index (κ3) is 60.1. The van der Waals surface area contributed by atoms with Crippen molar-refractivity contribution >= 4 is 17.9 Å². The molecule has 2 unspecified atom stereocenters. The lowest BCUT2D eigenvalue weighted by Crippen LogP contribution is -2.40. The number of unbranched alkanes of at least 4 members (excludes halogenated alkanes) is 10. The molecule has 0 saturated heterocycles. The predicted molar refractivity (Wildman–Crippen MR) is 336 cm³/mol. The van der Waals surface area contributed by atoms with Crippen LogP contribution in [-0.2, 0) is 33.3 Å². The van der Waals surface area contributed by atoms with Crippen LogP contribution in [0.2, 0.25) is 0 Å². The Hall–Kier alpha value is -5.35. The van der Waals surface area contributed by atoms with Gasteiger partial charge in [0, 0.05) is 12.8 Å². The number of esters is 2. The van der Waals surface area contributed by atoms with Gasteiger partial charge in [-0.15, -0.1) is 0 Å². The Balaban J connectivity index is 4.38. The summed E-state index contributed by atoms with van der Waals surface area (Å²) in [7, 11) is 5.94. The van der Waals surface area contributed by atoms with E-state index in [9.17, 15) is 19.5 Å². The molecule has 9 heteroatoms. The van der Waals surface area contributed by atoms with Crippen molar-refractivity contribution < 1.29 is 42.9 Å². The van der Waals surface area contributed by atoms with Gasteiger partial charge >= 0.3 is 17.9 Å². The molecule has 0 spiro atoms. The highest BCUT2D eigenvalue weighted by molar-refractivity contribution is 5.71. The van der Waals surface area contributed by atoms with Crippen molar-refractivity contribution in [2.75, 3.05) is 47.5 Å². The molecule has 2 atom stereocenters. The zero-order valence-electron chi connectivity index (χ0n) is 50.2. The number of quaternary nitrogens is 1. The third-order valence-corrected chi connectivity index (χ3v) is 12.0. The summed E-state index contributed by atoms with van der Waals surface area (Å²) in [6.45, 7) is 4.56. The van der Waals surface area contributed by atoms with Crippen LogP contribution in [0.1, 0.15) is 194 Å². The van der Waals surface area contributed by atoms with Gasteiger partial charge in [-0.2, -0.15) is 0 Å². The fraction of sp³-hybridized carbons (Fsp3) is 0.557. The second-order valence-electron chi connectivity index (χ2n) is 20.5. The number of hydrogen-bond donors (Lipinski definition) is 1. The zero-order valence-corrected chi connectivity index (χ0v) is 50.2. The van der Waals surface area contributed by atoms with E-state index in [4.69, 9.17) is 18.9 Å². The lowest BCUT2D eigenvalue weighted by atomic mass is 10.1. The number of hydrogen-bond acceptors (Lipinski definition) is 7. The summed E-state index contributed by atoms with van der Waals surface area (Å²) in [4.78, 5) is 37.5. The summed E-state index contributed by atoms with van der Waals surface area (Å²) in [5.74, 6) is -2.09. The van der Waals surface area contributed by atoms with Crippen LogP contribution < -0.4 is 0 Å². The van der Waals surface area contributed by atoms with Crippen LogP contribution in [-0.4, -0.2) is 87.4 Å². The number of carbonyl (C=O) groups is 3. The summed E-state index contributed by atoms with van der Waals surface area (Å²) in [5.41, 5.74) is 0. The molecule has 0 aliphatic rings. The number of likely N-dealkylation sites (N-methyl/N-ethyl adjacent to an activating group) is 1. The molecule has 0 amide bonds. The second-order valence-corrected chi connectivity index (χ2v) is 20.5. The Morgan fingerprint density at radius 3 is 1.03 bits per heavy atom. The topological polar surface area (TPSA) is 108 Å². The van der Waals surface area contributed by atoms with Gasteiger partial charge in [-0.1, -0.05) is 223 Å². The number of rotatable bonds is 53. The maximum atomic E-state index is 12.9. The fourth-order valence-electron chi connectivity index (χ4n) is 7.38. The van der Waals surface area contributed by atoms with Gasteiger partial charge < -0.3 is 28.5 Å². The smallest absolute Gasteiger partial charge is 0.361 e. The van der Waals surface area contributed by atoms with Crippen molar-refractivity contribution in [3.63, 3.8) is 0 Å². The second kappa shape index (κ2) is 58.8. The van der Waals surface area contributed by atoms with Crippen molar-refractivity contribution in [3.05, 3.63) is 170 Å². The molecule has 79 heavy (non-hydrogen) atoms. The minimum Gasteiger partial charge on any atom is -0.477 e. The average Bonchev–Trinajstić information content (AvgIpc) is 3.42. The van der Waals surface area contributed by atoms with E-state index in [0.29, 0.717) is 23.9 Å². The molecule has 0 fully saturated rings. The standard InChI is InChI=1S/C70H109NO8/c1-6-8-10-12-14-16-18-20-22-24-26-28-30-32-33-34-35-37-39-41-43-45-47-49-51-53-55-57-59-61-68(73)79-66(65-78-70(69(74)75)76-63-62-71(3,4)5)64-77-67(72)60-58-56-54-52-50-48-46-44-42-40-38-36-31-29-27-25-23-21-19-17-15-13-11-9-7-2/h8-11,14-17,20-23,26-29,32-33,35-38,41-44,48,50,66,70H,6-7,12-13,18-19,24-25,30-31,34,39-40,45-47,49,51-65H2,1-5H3/p+1/b10-8-,11-9-,16-14-,17-15-,22-20-,23-21-,28-26-,29-27-,33-32-,37-35-,38-36-,43-41-,44-42-,50-48-. The Morgan fingerprint density at radius 1 is 0.380 bits per heavy atom. The summed E-state index contributed by atoms with van der Waals surface area (Å²) < 4.78 is 22.8. The van der Waals surface area contributed by atoms with Gasteiger partial charge in [0.25, 0.3) is 6.29 Å². The number of aliphatic carboxylic acids is 1. The fourth-order valence-corrected chi connectivity index (χ4v) is 7.38. The first-order chi connectivity index (χ1) is 38.6. The van der Waals surface area contributed by atoms with E-state index >= 15 is 0 Å². The molecule has 0 aliphatic carbocycles. The van der Waals surface area contributed by atoms with Crippen LogP contribution in [0.3, 0.4) is 0 Å². The monoisotopic (exact) mass is 1090 g/mol. The number of nitrogens with zero attached hydrogens (tertiary/aromatic N) is 1. The maximum absolute atomic E-state index is 12.9. The van der Waals surface area contributed by atoms with E-state index in [1.54, 1.807) is 0 Å². The first-order valence-corrected chi connectivity index (χ1v) is 30.3. The van der Waals surface area contributed by atoms with Crippen molar-refractivity contribution in [1.29, 1.82) is 0 Å². The van der Waals surface area contributed by atoms with Crippen LogP contribution in [0.25, 0.3) is 0 Å². The van der Waals surface area contributed by atoms with Gasteiger partial charge in [0.1, 0.15) is 13.2 Å². The van der Waals surface area contributed by atoms with Gasteiger partial charge in [0.05, 0.1) is 34.4 Å². The van der Waals surface area contributed by atoms with E-state index in [1.165, 1.54) is 19.3 Å². The summed E-state index contributed by atoms with van der Waals surface area (Å²) in [6, 6.07) is 0. The molecule has 1 N–H and O–H groups in total. The van der Waals surface area contributed by atoms with Crippen LogP contribution in [0.15, 0.2) is 170 Å². The third-order valence-electron chi connectivity index (χ3n) is 12.0. The molecule has 0 aromatic rings. The normalized spacial score (nSPS) is 14.0. The highest BCUT2D eigenvalue weighted by atomic mass is 16.7. The highest BCUT2D eigenvalue weighted by Gasteiger charge is 2.25. The first-order valence-electron chi connectivity index (χ1n) is 30.3. The van der Waals surface area contributed by atoms with Gasteiger partial charge in [0.15, 0.2) is 6.10 Å². The molecule has 0 radical (unpaired) electrons. The number of carboxylic acid groups (broad SMARTS) is 1. The van der Waals surface area contributed by atoms with Crippen molar-refractivity contribution in [2.45, 2.75) is 206 Å². The number of carboxylic acids is 1. The molecule has 9 nitrogen and oxygen atoms in total. The lowest BCUT2D eigenvalue weighted by molar-refractivity contribution is -0.870. The van der Waals surface area contributed by atoms with Crippen LogP contribution in [0, 0.1) is 0 Å². The Kier molecular flexibility index (Phi) is 54.8. The predicted octanol–water partition coefficient (Wildman–Crippen LogP) is 18.3. The van der Waals surface area contributed by atoms with Gasteiger partial charge in [-0.05, 0) is 128 Å². The minimum absolute atomic E-state index is 0.169. The number of carbonyl (C=O) groups excluding carboxylic acids is 2. The molecular formula is C70H110NO8+. The van der Waals surface area contributed by atoms with Crippen LogP contribution in [0.4, 0.5) is 0 Å². The quantitative estimate of drug-likeness (QED) is 0.0211. The number of ether oxygens (including phenoxy) is 4. The molecular weight excluding hydrogens is 983 g/mol. The van der Waals surface area contributed by atoms with E-state index < -0.39 is 24.3 Å². The van der Waals surface area contributed by atoms with Crippen LogP contribution in [0.5, 0.6) is 0 Å². The SMILES string of the molecule is CC/C=C\C/C=C\C/C=C\C/C=C\C/C=C\C/C=C\C/C=C\CCCCCCCCCC(=O)OC(COC(=O)CCCCC/C=C\C/C=C\C/C=C\C/C=C\C/C=C\C/C=C\C/C=C\CC)COC(OCC[N+](C)(C)C)C(=O)O. The minimum atomic E-state index is -1.53. The summed E-state index contributed by atoms with van der Waals surface area (Å²) in [5, 5.41) is 9.72. The Labute approximate surface area is 482 Å². The molecule has 0 aromatic heterocycles. The lowest BCUT2D eigenvalue weighted by Gasteiger charge is -2.25. The van der Waals surface area contributed by atoms with E-state index in [1.807, 2.05) is 21.1 Å². The molecule has 0 heterocycles. The van der Waals surface area contributed by atoms with E-state index in [2.05, 4.69) is 184 Å². The van der Waals surface area contributed by atoms with Gasteiger partial charge in [-0.25, -0.2) is 4.79 Å². The molecule has 0 rings (SSSR count). The zero-order chi connectivity index (χ0) is 57.6. The van der Waals surface area contributed by atoms with Gasteiger partial charge in [0.2, 0.25) is 0 Å². The molecule has 0 aromatic carbocycles. The van der Waals surface area contributed by atoms with Crippen molar-refractivity contribution in [1.82, 2.24) is 0 Å².